The van der Waals surface area contributed by atoms with Crippen LogP contribution in [0.4, 0.5) is 9.59 Å². The van der Waals surface area contributed by atoms with Crippen molar-refractivity contribution < 1.29 is 47.8 Å². The molecule has 0 aromatic carbocycles. The summed E-state index contributed by atoms with van der Waals surface area (Å²) in [7, 11) is 1.05. The van der Waals surface area contributed by atoms with Gasteiger partial charge in [-0.3, -0.25) is 37.4 Å². The fourth-order valence-electron chi connectivity index (χ4n) is 5.44. The zero-order chi connectivity index (χ0) is 42.2. The molecule has 2 saturated heterocycles. The summed E-state index contributed by atoms with van der Waals surface area (Å²) in [5.74, 6) is -2.84. The smallest absolute Gasteiger partial charge is 0.424 e. The van der Waals surface area contributed by atoms with Crippen molar-refractivity contribution >= 4 is 44.1 Å². The van der Waals surface area contributed by atoms with Gasteiger partial charge in [0.15, 0.2) is 8.32 Å². The van der Waals surface area contributed by atoms with Crippen LogP contribution in [0.3, 0.4) is 0 Å². The van der Waals surface area contributed by atoms with Crippen LogP contribution in [0.15, 0.2) is 22.0 Å². The van der Waals surface area contributed by atoms with Crippen LogP contribution in [-0.2, 0) is 60.4 Å². The highest BCUT2D eigenvalue weighted by Gasteiger charge is 2.44. The van der Waals surface area contributed by atoms with E-state index in [2.05, 4.69) is 33.9 Å². The number of likely N-dealkylation sites (tertiary alicyclic amines) is 2. The molecule has 2 aromatic rings. The van der Waals surface area contributed by atoms with Crippen molar-refractivity contribution in [1.29, 1.82) is 0 Å². The highest BCUT2D eigenvalue weighted by atomic mass is 28.4. The molecule has 18 nitrogen and oxygen atoms in total. The molecular weight excluding hydrogens is 737 g/mol. The maximum atomic E-state index is 13.0. The van der Waals surface area contributed by atoms with E-state index in [1.165, 1.54) is 26.9 Å². The number of hydrogen-bond donors (Lipinski definition) is 1. The number of piperidine rings is 2. The van der Waals surface area contributed by atoms with E-state index < -0.39 is 78.8 Å². The number of hydrogen-bond acceptors (Lipinski definition) is 12. The molecule has 0 aliphatic carbocycles. The van der Waals surface area contributed by atoms with Gasteiger partial charge in [-0.1, -0.05) is 20.8 Å². The van der Waals surface area contributed by atoms with Crippen LogP contribution in [0.5, 0.6) is 0 Å². The average Bonchev–Trinajstić information content (AvgIpc) is 3.47. The summed E-state index contributed by atoms with van der Waals surface area (Å²) in [5, 5.41) is 9.25. The molecule has 0 radical (unpaired) electrons. The minimum Gasteiger partial charge on any atom is -0.443 e. The van der Waals surface area contributed by atoms with Crippen molar-refractivity contribution in [2.45, 2.75) is 143 Å². The fraction of sp³-hybridized carbons (Fsp3) is 0.667. The first-order valence-electron chi connectivity index (χ1n) is 18.0. The standard InChI is InChI=1S/C21H35N3O6Si.C15H21N3O6/c1-20(2,3)30-19(28)24-16(25)11-10-15(17(24)26)23-12-14(22(7)18(23)27)13-29-31(8,9)21(4,5)6;1-15(2,3)24-14(23)18-11(20)6-5-10(12(18)21)17-7-9(8-19)16(4)13(17)22/h12,15H,10-11,13H2,1-9H3;7,10,19H,5-6,8H2,1-4H3. The molecule has 0 spiro atoms. The number of imide groups is 6. The Labute approximate surface area is 321 Å². The third-order valence-electron chi connectivity index (χ3n) is 9.60. The van der Waals surface area contributed by atoms with Gasteiger partial charge < -0.3 is 19.0 Å². The van der Waals surface area contributed by atoms with Crippen molar-refractivity contribution in [1.82, 2.24) is 28.1 Å². The van der Waals surface area contributed by atoms with E-state index in [1.807, 2.05) is 0 Å². The monoisotopic (exact) mass is 792 g/mol. The van der Waals surface area contributed by atoms with Gasteiger partial charge in [0.05, 0.1) is 24.6 Å². The molecular formula is C36H56N6O12Si. The van der Waals surface area contributed by atoms with E-state index >= 15 is 0 Å². The van der Waals surface area contributed by atoms with Crippen molar-refractivity contribution in [2.75, 3.05) is 0 Å². The SMILES string of the molecule is Cn1c(CO)cn(C2CCC(=O)N(C(=O)OC(C)(C)C)C2=O)c1=O.Cn1c(CO[Si](C)(C)C(C)(C)C)cn(C2CCC(=O)N(C(=O)OC(C)(C)C)C2=O)c1=O. The number of amides is 6. The first-order chi connectivity index (χ1) is 25.0. The lowest BCUT2D eigenvalue weighted by atomic mass is 10.0. The van der Waals surface area contributed by atoms with Crippen LogP contribution < -0.4 is 11.4 Å². The predicted octanol–water partition coefficient (Wildman–Crippen LogP) is 3.64. The van der Waals surface area contributed by atoms with Gasteiger partial charge in [0.25, 0.3) is 11.8 Å². The van der Waals surface area contributed by atoms with E-state index in [0.717, 1.165) is 4.57 Å². The molecule has 2 unspecified atom stereocenters. The number of carbonyl (C=O) groups excluding carboxylic acids is 6. The number of rotatable bonds is 6. The first kappa shape index (κ1) is 44.8. The van der Waals surface area contributed by atoms with Crippen molar-refractivity contribution in [2.24, 2.45) is 14.1 Å². The van der Waals surface area contributed by atoms with E-state index in [9.17, 15) is 43.5 Å². The molecule has 0 saturated carbocycles. The van der Waals surface area contributed by atoms with Crippen LogP contribution in [0.25, 0.3) is 0 Å². The molecule has 2 aromatic heterocycles. The molecule has 2 atom stereocenters. The second-order valence-corrected chi connectivity index (χ2v) is 22.0. The van der Waals surface area contributed by atoms with Gasteiger partial charge in [-0.25, -0.2) is 19.2 Å². The lowest BCUT2D eigenvalue weighted by Crippen LogP contribution is -2.51. The van der Waals surface area contributed by atoms with E-state index in [0.29, 0.717) is 21.2 Å². The fourth-order valence-corrected chi connectivity index (χ4v) is 6.39. The van der Waals surface area contributed by atoms with Crippen molar-refractivity contribution in [3.05, 3.63) is 44.8 Å². The van der Waals surface area contributed by atoms with Crippen molar-refractivity contribution in [3.63, 3.8) is 0 Å². The Morgan fingerprint density at radius 3 is 1.38 bits per heavy atom. The van der Waals surface area contributed by atoms with Crippen LogP contribution in [0.2, 0.25) is 18.1 Å². The number of carbonyl (C=O) groups is 6. The maximum absolute atomic E-state index is 13.0. The summed E-state index contributed by atoms with van der Waals surface area (Å²) in [6.45, 7) is 20.3. The maximum Gasteiger partial charge on any atom is 0.424 e. The highest BCUT2D eigenvalue weighted by molar-refractivity contribution is 6.74. The normalized spacial score (nSPS) is 18.7. The predicted molar refractivity (Wildman–Crippen MR) is 200 cm³/mol. The molecule has 2 aliphatic rings. The summed E-state index contributed by atoms with van der Waals surface area (Å²) >= 11 is 0. The second-order valence-electron chi connectivity index (χ2n) is 17.2. The van der Waals surface area contributed by atoms with Gasteiger partial charge in [0.2, 0.25) is 11.8 Å². The largest absolute Gasteiger partial charge is 0.443 e. The molecule has 2 fully saturated rings. The molecule has 1 N–H and O–H groups in total. The first-order valence-corrected chi connectivity index (χ1v) is 20.9. The third kappa shape index (κ3) is 10.2. The van der Waals surface area contributed by atoms with E-state index in [-0.39, 0.29) is 43.9 Å². The Hall–Kier alpha value is -4.62. The topological polar surface area (TPSA) is 211 Å². The third-order valence-corrected chi connectivity index (χ3v) is 14.1. The van der Waals surface area contributed by atoms with Gasteiger partial charge >= 0.3 is 23.6 Å². The zero-order valence-electron chi connectivity index (χ0n) is 34.2. The Kier molecular flexibility index (Phi) is 13.2. The van der Waals surface area contributed by atoms with Crippen LogP contribution in [0, 0.1) is 0 Å². The Morgan fingerprint density at radius 1 is 0.691 bits per heavy atom. The molecule has 2 aliphatic heterocycles. The molecule has 4 rings (SSSR count). The average molecular weight is 793 g/mol. The number of aliphatic hydroxyl groups is 1. The summed E-state index contributed by atoms with van der Waals surface area (Å²) < 4.78 is 21.6. The Bertz CT molecular complexity index is 1950. The number of aliphatic hydroxyl groups excluding tert-OH is 1. The lowest BCUT2D eigenvalue weighted by molar-refractivity contribution is -0.151. The Morgan fingerprint density at radius 2 is 1.05 bits per heavy atom. The Balaban J connectivity index is 0.000000305. The van der Waals surface area contributed by atoms with Crippen LogP contribution in [-0.4, -0.2) is 88.5 Å². The van der Waals surface area contributed by atoms with Gasteiger partial charge in [-0.15, -0.1) is 0 Å². The zero-order valence-corrected chi connectivity index (χ0v) is 35.2. The van der Waals surface area contributed by atoms with E-state index in [1.54, 1.807) is 54.8 Å². The number of nitrogens with zero attached hydrogens (tertiary/aromatic N) is 6. The summed E-state index contributed by atoms with van der Waals surface area (Å²) in [6.07, 6.45) is 1.02. The molecule has 19 heteroatoms. The highest BCUT2D eigenvalue weighted by Crippen LogP contribution is 2.37. The molecule has 6 amide bonds. The van der Waals surface area contributed by atoms with Crippen LogP contribution >= 0.6 is 0 Å². The van der Waals surface area contributed by atoms with Gasteiger partial charge in [0, 0.05) is 39.3 Å². The number of imidazole rings is 2. The van der Waals surface area contributed by atoms with Crippen LogP contribution in [0.1, 0.15) is 111 Å². The van der Waals surface area contributed by atoms with E-state index in [4.69, 9.17) is 13.9 Å². The molecule has 55 heavy (non-hydrogen) atoms. The molecule has 0 bridgehead atoms. The van der Waals surface area contributed by atoms with Gasteiger partial charge in [0.1, 0.15) is 23.3 Å². The molecule has 306 valence electrons. The number of ether oxygens (including phenoxy) is 2. The quantitative estimate of drug-likeness (QED) is 0.328. The van der Waals surface area contributed by atoms with Gasteiger partial charge in [-0.05, 0) is 72.5 Å². The van der Waals surface area contributed by atoms with Crippen molar-refractivity contribution in [3.8, 4) is 0 Å². The summed E-state index contributed by atoms with van der Waals surface area (Å²) in [5.41, 5.74) is -1.67. The summed E-state index contributed by atoms with van der Waals surface area (Å²) in [4.78, 5) is 100. The second kappa shape index (κ2) is 16.2. The molecule has 4 heterocycles. The summed E-state index contributed by atoms with van der Waals surface area (Å²) in [6, 6.07) is -1.94. The number of aromatic nitrogens is 4. The minimum atomic E-state index is -2.04. The minimum absolute atomic E-state index is 0.0159. The van der Waals surface area contributed by atoms with Gasteiger partial charge in [-0.2, -0.15) is 9.80 Å². The lowest BCUT2D eigenvalue weighted by Gasteiger charge is -2.36.